The Morgan fingerprint density at radius 2 is 1.70 bits per heavy atom. The first kappa shape index (κ1) is 24.8. The van der Waals surface area contributed by atoms with E-state index < -0.39 is 11.9 Å². The molecule has 0 saturated heterocycles. The van der Waals surface area contributed by atoms with Gasteiger partial charge in [0.15, 0.2) is 0 Å². The summed E-state index contributed by atoms with van der Waals surface area (Å²) in [7, 11) is 0. The van der Waals surface area contributed by atoms with Crippen LogP contribution in [0.25, 0.3) is 5.69 Å². The molecule has 188 valence electrons. The SMILES string of the molecule is CCCCN(CC(=O)N1c2ccccc2-n2cccc2C1c1ccc(Cl)cc1)C(=O)c1cccc(F)c1. The van der Waals surface area contributed by atoms with Gasteiger partial charge in [-0.1, -0.05) is 55.3 Å². The van der Waals surface area contributed by atoms with Crippen LogP contribution in [0.2, 0.25) is 5.02 Å². The average Bonchev–Trinajstić information content (AvgIpc) is 3.40. The van der Waals surface area contributed by atoms with Crippen LogP contribution in [-0.2, 0) is 4.79 Å². The molecular weight excluding hydrogens is 489 g/mol. The molecule has 0 radical (unpaired) electrons. The van der Waals surface area contributed by atoms with Gasteiger partial charge >= 0.3 is 0 Å². The van der Waals surface area contributed by atoms with E-state index in [0.717, 1.165) is 35.5 Å². The summed E-state index contributed by atoms with van der Waals surface area (Å²) in [5.74, 6) is -1.07. The maximum Gasteiger partial charge on any atom is 0.254 e. The van der Waals surface area contributed by atoms with Crippen molar-refractivity contribution in [2.45, 2.75) is 25.8 Å². The number of rotatable bonds is 7. The van der Waals surface area contributed by atoms with Gasteiger partial charge in [0.25, 0.3) is 5.91 Å². The van der Waals surface area contributed by atoms with Crippen LogP contribution in [0, 0.1) is 5.82 Å². The van der Waals surface area contributed by atoms with E-state index in [1.807, 2.05) is 73.8 Å². The standard InChI is InChI=1S/C30H27ClFN3O2/c1-2-3-17-33(30(37)22-8-6-9-24(32)19-22)20-28(36)35-26-11-5-4-10-25(26)34-18-7-12-27(34)29(35)21-13-15-23(31)16-14-21/h4-16,18-19,29H,2-3,17,20H2,1H3. The van der Waals surface area contributed by atoms with E-state index in [1.54, 1.807) is 11.0 Å². The molecule has 0 aliphatic carbocycles. The van der Waals surface area contributed by atoms with Crippen LogP contribution < -0.4 is 4.90 Å². The van der Waals surface area contributed by atoms with Gasteiger partial charge in [-0.2, -0.15) is 0 Å². The van der Waals surface area contributed by atoms with Crippen LogP contribution >= 0.6 is 11.6 Å². The maximum atomic E-state index is 14.1. The molecule has 0 fully saturated rings. The van der Waals surface area contributed by atoms with Crippen molar-refractivity contribution in [1.29, 1.82) is 0 Å². The van der Waals surface area contributed by atoms with Crippen molar-refractivity contribution < 1.29 is 14.0 Å². The summed E-state index contributed by atoms with van der Waals surface area (Å²) in [6.45, 7) is 2.29. The molecule has 4 aromatic rings. The van der Waals surface area contributed by atoms with Crippen molar-refractivity contribution in [1.82, 2.24) is 9.47 Å². The molecule has 5 rings (SSSR count). The van der Waals surface area contributed by atoms with Crippen LogP contribution in [0.1, 0.15) is 47.4 Å². The van der Waals surface area contributed by atoms with Gasteiger partial charge in [0.2, 0.25) is 5.91 Å². The molecule has 5 nitrogen and oxygen atoms in total. The normalized spacial score (nSPS) is 14.1. The number of amides is 2. The van der Waals surface area contributed by atoms with Crippen molar-refractivity contribution in [3.63, 3.8) is 0 Å². The number of anilines is 1. The van der Waals surface area contributed by atoms with E-state index in [9.17, 15) is 14.0 Å². The minimum Gasteiger partial charge on any atom is -0.329 e. The average molecular weight is 516 g/mol. The molecular formula is C30H27ClFN3O2. The number of benzene rings is 3. The Morgan fingerprint density at radius 1 is 0.946 bits per heavy atom. The summed E-state index contributed by atoms with van der Waals surface area (Å²) in [6, 6.07) is 24.4. The molecule has 7 heteroatoms. The summed E-state index contributed by atoms with van der Waals surface area (Å²) >= 11 is 6.17. The molecule has 2 heterocycles. The molecule has 0 saturated carbocycles. The maximum absolute atomic E-state index is 14.1. The lowest BCUT2D eigenvalue weighted by atomic mass is 9.97. The van der Waals surface area contributed by atoms with E-state index in [-0.39, 0.29) is 23.9 Å². The highest BCUT2D eigenvalue weighted by Gasteiger charge is 2.37. The molecule has 0 N–H and O–H groups in total. The van der Waals surface area contributed by atoms with Crippen molar-refractivity contribution in [3.05, 3.63) is 119 Å². The quantitative estimate of drug-likeness (QED) is 0.276. The Morgan fingerprint density at radius 3 is 2.43 bits per heavy atom. The third-order valence-electron chi connectivity index (χ3n) is 6.64. The van der Waals surface area contributed by atoms with Gasteiger partial charge in [-0.15, -0.1) is 0 Å². The second-order valence-corrected chi connectivity index (χ2v) is 9.54. The van der Waals surface area contributed by atoms with Crippen LogP contribution in [-0.4, -0.2) is 34.4 Å². The van der Waals surface area contributed by atoms with Crippen molar-refractivity contribution in [2.75, 3.05) is 18.0 Å². The number of unbranched alkanes of at least 4 members (excludes halogenated alkanes) is 1. The van der Waals surface area contributed by atoms with E-state index in [2.05, 4.69) is 4.57 Å². The highest BCUT2D eigenvalue weighted by molar-refractivity contribution is 6.30. The summed E-state index contributed by atoms with van der Waals surface area (Å²) < 4.78 is 16.0. The van der Waals surface area contributed by atoms with Crippen molar-refractivity contribution >= 4 is 29.1 Å². The lowest BCUT2D eigenvalue weighted by Crippen LogP contribution is -2.47. The molecule has 1 atom stereocenters. The van der Waals surface area contributed by atoms with Gasteiger partial charge in [-0.25, -0.2) is 4.39 Å². The Labute approximate surface area is 220 Å². The van der Waals surface area contributed by atoms with E-state index >= 15 is 0 Å². The number of nitrogens with zero attached hydrogens (tertiary/aromatic N) is 3. The van der Waals surface area contributed by atoms with Crippen LogP contribution in [0.3, 0.4) is 0 Å². The van der Waals surface area contributed by atoms with E-state index in [4.69, 9.17) is 11.6 Å². The zero-order chi connectivity index (χ0) is 25.9. The largest absolute Gasteiger partial charge is 0.329 e. The number of fused-ring (bicyclic) bond motifs is 3. The van der Waals surface area contributed by atoms with Gasteiger partial charge in [-0.3, -0.25) is 14.5 Å². The minimum atomic E-state index is -0.485. The zero-order valence-corrected chi connectivity index (χ0v) is 21.2. The topological polar surface area (TPSA) is 45.6 Å². The van der Waals surface area contributed by atoms with Gasteiger partial charge < -0.3 is 9.47 Å². The molecule has 2 amide bonds. The minimum absolute atomic E-state index is 0.130. The summed E-state index contributed by atoms with van der Waals surface area (Å²) in [5.41, 5.74) is 3.71. The Bertz CT molecular complexity index is 1430. The van der Waals surface area contributed by atoms with Gasteiger partial charge in [-0.05, 0) is 66.6 Å². The molecule has 0 spiro atoms. The second kappa shape index (κ2) is 10.6. The first-order valence-electron chi connectivity index (χ1n) is 12.4. The van der Waals surface area contributed by atoms with Crippen molar-refractivity contribution in [2.24, 2.45) is 0 Å². The summed E-state index contributed by atoms with van der Waals surface area (Å²) in [6.07, 6.45) is 3.57. The van der Waals surface area contributed by atoms with Gasteiger partial charge in [0, 0.05) is 23.3 Å². The Kier molecular flexibility index (Phi) is 7.10. The smallest absolute Gasteiger partial charge is 0.254 e. The lowest BCUT2D eigenvalue weighted by molar-refractivity contribution is -0.119. The number of carbonyl (C=O) groups excluding carboxylic acids is 2. The summed E-state index contributed by atoms with van der Waals surface area (Å²) in [4.78, 5) is 30.8. The Balaban J connectivity index is 1.55. The zero-order valence-electron chi connectivity index (χ0n) is 20.5. The molecule has 1 aliphatic heterocycles. The van der Waals surface area contributed by atoms with Gasteiger partial charge in [0.1, 0.15) is 18.4 Å². The van der Waals surface area contributed by atoms with Gasteiger partial charge in [0.05, 0.1) is 17.1 Å². The molecule has 1 aliphatic rings. The molecule has 3 aromatic carbocycles. The molecule has 0 bridgehead atoms. The number of hydrogen-bond donors (Lipinski definition) is 0. The predicted molar refractivity (Wildman–Crippen MR) is 144 cm³/mol. The second-order valence-electron chi connectivity index (χ2n) is 9.10. The van der Waals surface area contributed by atoms with Crippen molar-refractivity contribution in [3.8, 4) is 5.69 Å². The fourth-order valence-corrected chi connectivity index (χ4v) is 4.99. The first-order chi connectivity index (χ1) is 18.0. The third kappa shape index (κ3) is 4.89. The summed E-state index contributed by atoms with van der Waals surface area (Å²) in [5, 5.41) is 0.611. The fourth-order valence-electron chi connectivity index (χ4n) is 4.87. The fraction of sp³-hybridized carbons (Fsp3) is 0.200. The molecule has 1 aromatic heterocycles. The predicted octanol–water partition coefficient (Wildman–Crippen LogP) is 6.65. The monoisotopic (exact) mass is 515 g/mol. The van der Waals surface area contributed by atoms with E-state index in [0.29, 0.717) is 11.6 Å². The number of para-hydroxylation sites is 2. The van der Waals surface area contributed by atoms with Crippen LogP contribution in [0.4, 0.5) is 10.1 Å². The van der Waals surface area contributed by atoms with Crippen LogP contribution in [0.5, 0.6) is 0 Å². The number of hydrogen-bond acceptors (Lipinski definition) is 2. The highest BCUT2D eigenvalue weighted by Crippen LogP contribution is 2.42. The Hall–Kier alpha value is -3.90. The lowest BCUT2D eigenvalue weighted by Gasteiger charge is -2.39. The molecule has 1 unspecified atom stereocenters. The van der Waals surface area contributed by atoms with E-state index in [1.165, 1.54) is 23.1 Å². The number of aromatic nitrogens is 1. The molecule has 37 heavy (non-hydrogen) atoms. The highest BCUT2D eigenvalue weighted by atomic mass is 35.5. The number of carbonyl (C=O) groups is 2. The number of halogens is 2. The third-order valence-corrected chi connectivity index (χ3v) is 6.89. The van der Waals surface area contributed by atoms with Crippen LogP contribution in [0.15, 0.2) is 91.1 Å². The first-order valence-corrected chi connectivity index (χ1v) is 12.7.